The summed E-state index contributed by atoms with van der Waals surface area (Å²) in [5.74, 6) is -15.8. The minimum atomic E-state index is -2.17. The second-order valence-electron chi connectivity index (χ2n) is 11.8. The van der Waals surface area contributed by atoms with Gasteiger partial charge in [0, 0.05) is 18.2 Å². The molecule has 0 spiro atoms. The first-order valence-electron chi connectivity index (χ1n) is 16.2. The van der Waals surface area contributed by atoms with Gasteiger partial charge in [0.2, 0.25) is 0 Å². The number of hydrogen-bond acceptors (Lipinski definition) is 6. The van der Waals surface area contributed by atoms with E-state index in [2.05, 4.69) is 34.2 Å². The van der Waals surface area contributed by atoms with E-state index in [1.165, 1.54) is 0 Å². The second kappa shape index (κ2) is 16.0. The number of aryl methyl sites for hydroxylation is 2. The molecular formula is C34H34F8N4S2. The molecule has 0 saturated heterocycles. The summed E-state index contributed by atoms with van der Waals surface area (Å²) in [4.78, 5) is 0. The number of halogens is 8. The summed E-state index contributed by atoms with van der Waals surface area (Å²) < 4.78 is 125. The van der Waals surface area contributed by atoms with Crippen LogP contribution in [-0.2, 0) is 12.8 Å². The molecule has 4 nitrogen and oxygen atoms in total. The van der Waals surface area contributed by atoms with E-state index in [1.54, 1.807) is 0 Å². The Bertz CT molecular complexity index is 1920. The van der Waals surface area contributed by atoms with Crippen LogP contribution in [0.1, 0.15) is 101 Å². The average Bonchev–Trinajstić information content (AvgIpc) is 3.73. The maximum absolute atomic E-state index is 16.2. The molecule has 5 rings (SSSR count). The maximum atomic E-state index is 16.2. The van der Waals surface area contributed by atoms with Gasteiger partial charge in [0.25, 0.3) is 0 Å². The highest BCUT2D eigenvalue weighted by atomic mass is 32.1. The standard InChI is InChI=1S/C34H34F8N4S2/c1-3-5-7-9-11-13-15-17-43-45-33(47-17)23-19-20(29(39)32(42)30(23)40)26(36)21-22(25(19)35)28(38)31(41)24(27(21)37)34-46-44-18(48-34)16-14-12-10-8-6-4-2/h3-16H2,1-2H3. The molecule has 2 aromatic heterocycles. The predicted molar refractivity (Wildman–Crippen MR) is 173 cm³/mol. The molecule has 0 fully saturated rings. The van der Waals surface area contributed by atoms with E-state index < -0.39 is 89.2 Å². The maximum Gasteiger partial charge on any atom is 0.195 e. The quantitative estimate of drug-likeness (QED) is 0.0336. The van der Waals surface area contributed by atoms with Gasteiger partial charge in [-0.05, 0) is 12.8 Å². The van der Waals surface area contributed by atoms with Crippen molar-refractivity contribution in [3.05, 3.63) is 56.6 Å². The molecule has 0 aliphatic rings. The van der Waals surface area contributed by atoms with Crippen LogP contribution in [0, 0.1) is 46.5 Å². The highest BCUT2D eigenvalue weighted by Gasteiger charge is 2.35. The molecule has 48 heavy (non-hydrogen) atoms. The van der Waals surface area contributed by atoms with E-state index in [-0.39, 0.29) is 0 Å². The largest absolute Gasteiger partial charge is 0.205 e. The van der Waals surface area contributed by atoms with Gasteiger partial charge < -0.3 is 0 Å². The van der Waals surface area contributed by atoms with Crippen LogP contribution in [-0.4, -0.2) is 20.4 Å². The third-order valence-electron chi connectivity index (χ3n) is 8.37. The molecule has 5 aromatic rings. The Balaban J connectivity index is 1.57. The smallest absolute Gasteiger partial charge is 0.195 e. The van der Waals surface area contributed by atoms with Crippen LogP contribution in [0.25, 0.3) is 42.7 Å². The summed E-state index contributed by atoms with van der Waals surface area (Å²) in [5.41, 5.74) is -2.15. The molecule has 0 bridgehead atoms. The number of hydrogen-bond donors (Lipinski definition) is 0. The van der Waals surface area contributed by atoms with Crippen LogP contribution in [0.3, 0.4) is 0 Å². The Morgan fingerprint density at radius 2 is 0.771 bits per heavy atom. The molecule has 0 N–H and O–H groups in total. The number of nitrogens with zero attached hydrogens (tertiary/aromatic N) is 4. The molecule has 0 aliphatic carbocycles. The van der Waals surface area contributed by atoms with Crippen molar-refractivity contribution in [2.75, 3.05) is 0 Å². The van der Waals surface area contributed by atoms with Gasteiger partial charge in [-0.25, -0.2) is 35.1 Å². The van der Waals surface area contributed by atoms with E-state index in [1.807, 2.05) is 0 Å². The SMILES string of the molecule is CCCCCCCCc1nnc(-c2c(F)c(F)c3c(F)c4c(-c5nnc(CCCCCCCC)s5)c(F)c(F)c(F)c4c(F)c3c2F)s1. The summed E-state index contributed by atoms with van der Waals surface area (Å²) in [7, 11) is 0. The molecule has 2 heterocycles. The summed E-state index contributed by atoms with van der Waals surface area (Å²) in [6.07, 6.45) is 12.5. The van der Waals surface area contributed by atoms with Gasteiger partial charge in [-0.1, -0.05) is 101 Å². The van der Waals surface area contributed by atoms with Crippen molar-refractivity contribution in [1.82, 2.24) is 20.4 Å². The van der Waals surface area contributed by atoms with Crippen LogP contribution in [0.15, 0.2) is 0 Å². The zero-order valence-corrected chi connectivity index (χ0v) is 28.2. The van der Waals surface area contributed by atoms with Crippen LogP contribution in [0.5, 0.6) is 0 Å². The van der Waals surface area contributed by atoms with Crippen LogP contribution >= 0.6 is 22.7 Å². The van der Waals surface area contributed by atoms with Crippen LogP contribution < -0.4 is 0 Å². The third kappa shape index (κ3) is 7.05. The highest BCUT2D eigenvalue weighted by Crippen LogP contribution is 2.45. The molecule has 258 valence electrons. The molecule has 3 aromatic carbocycles. The van der Waals surface area contributed by atoms with Gasteiger partial charge in [0.05, 0.1) is 27.3 Å². The van der Waals surface area contributed by atoms with Gasteiger partial charge in [-0.3, -0.25) is 0 Å². The van der Waals surface area contributed by atoms with Gasteiger partial charge in [-0.15, -0.1) is 20.4 Å². The molecule has 0 atom stereocenters. The van der Waals surface area contributed by atoms with Gasteiger partial charge in [0.15, 0.2) is 39.1 Å². The first kappa shape index (κ1) is 36.0. The molecule has 0 saturated carbocycles. The Morgan fingerprint density at radius 3 is 1.31 bits per heavy atom. The Kier molecular flexibility index (Phi) is 12.0. The Hall–Kier alpha value is -3.26. The number of unbranched alkanes of at least 4 members (excludes halogenated alkanes) is 10. The van der Waals surface area contributed by atoms with E-state index >= 15 is 30.7 Å². The number of aromatic nitrogens is 4. The van der Waals surface area contributed by atoms with E-state index in [4.69, 9.17) is 0 Å². The molecule has 0 radical (unpaired) electrons. The zero-order chi connectivity index (χ0) is 34.5. The lowest BCUT2D eigenvalue weighted by atomic mass is 9.94. The summed E-state index contributed by atoms with van der Waals surface area (Å²) >= 11 is 1.49. The third-order valence-corrected chi connectivity index (χ3v) is 10.4. The van der Waals surface area contributed by atoms with Gasteiger partial charge >= 0.3 is 0 Å². The molecular weight excluding hydrogens is 681 g/mol. The summed E-state index contributed by atoms with van der Waals surface area (Å²) in [6.45, 7) is 4.19. The lowest BCUT2D eigenvalue weighted by molar-refractivity contribution is 0.452. The van der Waals surface area contributed by atoms with Crippen molar-refractivity contribution in [2.24, 2.45) is 0 Å². The Labute approximate surface area is 280 Å². The Morgan fingerprint density at radius 1 is 0.375 bits per heavy atom. The van der Waals surface area contributed by atoms with Crippen molar-refractivity contribution >= 4 is 44.2 Å². The normalized spacial score (nSPS) is 11.9. The minimum absolute atomic E-state index is 0.375. The van der Waals surface area contributed by atoms with Crippen molar-refractivity contribution < 1.29 is 35.1 Å². The monoisotopic (exact) mass is 714 g/mol. The molecule has 0 unspecified atom stereocenters. The second-order valence-corrected chi connectivity index (χ2v) is 13.9. The lowest BCUT2D eigenvalue weighted by Gasteiger charge is -2.15. The predicted octanol–water partition coefficient (Wildman–Crippen LogP) is 11.9. The fraction of sp³-hybridized carbons (Fsp3) is 0.471. The van der Waals surface area contributed by atoms with Gasteiger partial charge in [-0.2, -0.15) is 0 Å². The number of benzene rings is 3. The first-order valence-corrected chi connectivity index (χ1v) is 17.9. The van der Waals surface area contributed by atoms with Crippen molar-refractivity contribution in [1.29, 1.82) is 0 Å². The van der Waals surface area contributed by atoms with E-state index in [9.17, 15) is 4.39 Å². The molecule has 0 aliphatic heterocycles. The van der Waals surface area contributed by atoms with Crippen molar-refractivity contribution in [3.8, 4) is 21.1 Å². The van der Waals surface area contributed by atoms with Crippen LogP contribution in [0.2, 0.25) is 0 Å². The van der Waals surface area contributed by atoms with E-state index in [0.29, 0.717) is 29.3 Å². The topological polar surface area (TPSA) is 51.6 Å². The van der Waals surface area contributed by atoms with Gasteiger partial charge in [0.1, 0.15) is 27.5 Å². The van der Waals surface area contributed by atoms with Crippen molar-refractivity contribution in [2.45, 2.75) is 104 Å². The number of fused-ring (bicyclic) bond motifs is 2. The van der Waals surface area contributed by atoms with E-state index in [0.717, 1.165) is 93.3 Å². The van der Waals surface area contributed by atoms with Crippen LogP contribution in [0.4, 0.5) is 35.1 Å². The molecule has 0 amide bonds. The zero-order valence-electron chi connectivity index (χ0n) is 26.5. The minimum Gasteiger partial charge on any atom is -0.205 e. The highest BCUT2D eigenvalue weighted by molar-refractivity contribution is 7.15. The lowest BCUT2D eigenvalue weighted by Crippen LogP contribution is -2.06. The average molecular weight is 715 g/mol. The first-order chi connectivity index (χ1) is 23.1. The summed E-state index contributed by atoms with van der Waals surface area (Å²) in [5, 5.41) is 9.56. The fourth-order valence-electron chi connectivity index (χ4n) is 5.82. The fourth-order valence-corrected chi connectivity index (χ4v) is 7.66. The molecule has 14 heteroatoms. The number of rotatable bonds is 16. The van der Waals surface area contributed by atoms with Crippen molar-refractivity contribution in [3.63, 3.8) is 0 Å². The summed E-state index contributed by atoms with van der Waals surface area (Å²) in [6, 6.07) is 0.